The second kappa shape index (κ2) is 8.58. The number of hydrogen-bond acceptors (Lipinski definition) is 4. The van der Waals surface area contributed by atoms with Gasteiger partial charge in [-0.05, 0) is 73.3 Å². The lowest BCUT2D eigenvalue weighted by molar-refractivity contribution is -0.130. The molecule has 5 nitrogen and oxygen atoms in total. The van der Waals surface area contributed by atoms with E-state index in [-0.39, 0.29) is 6.42 Å². The smallest absolute Gasteiger partial charge is 0.248 e. The number of para-hydroxylation sites is 1. The van der Waals surface area contributed by atoms with Crippen molar-refractivity contribution in [2.24, 2.45) is 0 Å². The molecule has 1 atom stereocenters. The van der Waals surface area contributed by atoms with Crippen molar-refractivity contribution < 1.29 is 19.3 Å². The molecule has 0 radical (unpaired) electrons. The van der Waals surface area contributed by atoms with Crippen LogP contribution in [0.1, 0.15) is 38.5 Å². The summed E-state index contributed by atoms with van der Waals surface area (Å²) in [5.41, 5.74) is 1.69. The third-order valence-electron chi connectivity index (χ3n) is 4.78. The maximum atomic E-state index is 13.3. The molecule has 1 aliphatic rings. The van der Waals surface area contributed by atoms with Gasteiger partial charge in [0.2, 0.25) is 5.91 Å². The molecule has 0 spiro atoms. The Bertz CT molecular complexity index is 714. The van der Waals surface area contributed by atoms with Gasteiger partial charge in [-0.2, -0.15) is 0 Å². The van der Waals surface area contributed by atoms with Gasteiger partial charge in [0.05, 0.1) is 6.42 Å². The molecule has 1 amide bonds. The minimum Gasteiger partial charge on any atom is -0.611 e. The van der Waals surface area contributed by atoms with E-state index >= 15 is 0 Å². The van der Waals surface area contributed by atoms with E-state index < -0.39 is 21.8 Å². The molecule has 6 heteroatoms. The monoisotopic (exact) mass is 373 g/mol. The third kappa shape index (κ3) is 4.38. The topological polar surface area (TPSA) is 81.6 Å². The van der Waals surface area contributed by atoms with E-state index in [0.717, 1.165) is 37.9 Å². The van der Waals surface area contributed by atoms with Crippen molar-refractivity contribution >= 4 is 17.1 Å². The quantitative estimate of drug-likeness (QED) is 0.452. The van der Waals surface area contributed by atoms with Crippen molar-refractivity contribution in [2.75, 3.05) is 0 Å². The molecule has 0 heterocycles. The van der Waals surface area contributed by atoms with Crippen LogP contribution in [0.15, 0.2) is 59.5 Å². The summed E-state index contributed by atoms with van der Waals surface area (Å²) >= 11 is -1.33. The van der Waals surface area contributed by atoms with Crippen LogP contribution in [-0.2, 0) is 16.0 Å². The predicted octanol–water partition coefficient (Wildman–Crippen LogP) is 4.18. The summed E-state index contributed by atoms with van der Waals surface area (Å²) < 4.78 is 18.4. The van der Waals surface area contributed by atoms with Crippen LogP contribution < -0.4 is 10.2 Å². The maximum Gasteiger partial charge on any atom is 0.248 e. The SMILES string of the molecule is O=C(CC1([S+]([O-])c2ccc(Oc3ccccc3)cc2)CCCCC1)NO. The number of rotatable bonds is 6. The molecular weight excluding hydrogens is 350 g/mol. The van der Waals surface area contributed by atoms with Crippen molar-refractivity contribution in [2.45, 2.75) is 48.2 Å². The minimum absolute atomic E-state index is 0.0678. The lowest BCUT2D eigenvalue weighted by Gasteiger charge is -2.37. The Labute approximate surface area is 156 Å². The summed E-state index contributed by atoms with van der Waals surface area (Å²) in [6.07, 6.45) is 4.48. The predicted molar refractivity (Wildman–Crippen MR) is 99.7 cm³/mol. The van der Waals surface area contributed by atoms with Gasteiger partial charge in [0.25, 0.3) is 0 Å². The molecular formula is C20H23NO4S. The van der Waals surface area contributed by atoms with Gasteiger partial charge >= 0.3 is 0 Å². The van der Waals surface area contributed by atoms with Gasteiger partial charge in [-0.1, -0.05) is 24.6 Å². The molecule has 2 aromatic carbocycles. The van der Waals surface area contributed by atoms with Crippen LogP contribution in [0, 0.1) is 0 Å². The Morgan fingerprint density at radius 2 is 1.65 bits per heavy atom. The molecule has 0 saturated heterocycles. The van der Waals surface area contributed by atoms with E-state index in [2.05, 4.69) is 0 Å². The summed E-state index contributed by atoms with van der Waals surface area (Å²) in [6, 6.07) is 16.6. The Balaban J connectivity index is 1.76. The zero-order valence-electron chi connectivity index (χ0n) is 14.5. The highest BCUT2D eigenvalue weighted by molar-refractivity contribution is 7.92. The highest BCUT2D eigenvalue weighted by atomic mass is 32.2. The molecule has 26 heavy (non-hydrogen) atoms. The van der Waals surface area contributed by atoms with E-state index in [4.69, 9.17) is 9.94 Å². The summed E-state index contributed by atoms with van der Waals surface area (Å²) in [6.45, 7) is 0. The van der Waals surface area contributed by atoms with Crippen LogP contribution in [0.4, 0.5) is 0 Å². The second-order valence-electron chi connectivity index (χ2n) is 6.61. The largest absolute Gasteiger partial charge is 0.611 e. The molecule has 1 saturated carbocycles. The summed E-state index contributed by atoms with van der Waals surface area (Å²) in [5.74, 6) is 0.928. The first-order chi connectivity index (χ1) is 12.6. The standard InChI is InChI=1S/C20H23NO4S/c22-19(21-23)15-20(13-5-2-6-14-20)26(24)18-11-9-17(10-12-18)25-16-7-3-1-4-8-16/h1,3-4,7-12,23H,2,5-6,13-15H2,(H,21,22). The van der Waals surface area contributed by atoms with E-state index in [1.54, 1.807) is 29.7 Å². The molecule has 3 rings (SSSR count). The van der Waals surface area contributed by atoms with E-state index in [0.29, 0.717) is 10.6 Å². The number of hydrogen-bond donors (Lipinski definition) is 2. The first-order valence-electron chi connectivity index (χ1n) is 8.81. The van der Waals surface area contributed by atoms with Gasteiger partial charge in [0.15, 0.2) is 4.90 Å². The fourth-order valence-corrected chi connectivity index (χ4v) is 5.27. The van der Waals surface area contributed by atoms with E-state index in [1.807, 2.05) is 30.3 Å². The van der Waals surface area contributed by atoms with Crippen molar-refractivity contribution in [1.82, 2.24) is 5.48 Å². The molecule has 2 N–H and O–H groups in total. The molecule has 2 aromatic rings. The zero-order chi connectivity index (χ0) is 18.4. The Hall–Kier alpha value is -2.02. The molecule has 0 bridgehead atoms. The second-order valence-corrected chi connectivity index (χ2v) is 8.49. The molecule has 0 aromatic heterocycles. The van der Waals surface area contributed by atoms with Gasteiger partial charge in [0, 0.05) is 0 Å². The van der Waals surface area contributed by atoms with Gasteiger partial charge in [-0.3, -0.25) is 10.0 Å². The Kier molecular flexibility index (Phi) is 6.19. The molecule has 1 aliphatic carbocycles. The third-order valence-corrected chi connectivity index (χ3v) is 6.82. The Morgan fingerprint density at radius 1 is 1.04 bits per heavy atom. The molecule has 1 unspecified atom stereocenters. The number of nitrogens with one attached hydrogen (secondary N) is 1. The number of ether oxygens (including phenoxy) is 1. The number of hydroxylamine groups is 1. The summed E-state index contributed by atoms with van der Waals surface area (Å²) in [7, 11) is 0. The van der Waals surface area contributed by atoms with Crippen molar-refractivity contribution in [3.63, 3.8) is 0 Å². The number of carbonyl (C=O) groups excluding carboxylic acids is 1. The van der Waals surface area contributed by atoms with Crippen LogP contribution in [0.3, 0.4) is 0 Å². The minimum atomic E-state index is -1.33. The van der Waals surface area contributed by atoms with Gasteiger partial charge in [0.1, 0.15) is 16.2 Å². The molecule has 0 aliphatic heterocycles. The zero-order valence-corrected chi connectivity index (χ0v) is 15.3. The molecule has 138 valence electrons. The van der Waals surface area contributed by atoms with Crippen LogP contribution in [0.25, 0.3) is 0 Å². The molecule has 1 fully saturated rings. The average Bonchev–Trinajstić information content (AvgIpc) is 2.69. The highest BCUT2D eigenvalue weighted by Gasteiger charge is 2.46. The number of amides is 1. The van der Waals surface area contributed by atoms with Crippen LogP contribution in [-0.4, -0.2) is 20.4 Å². The average molecular weight is 373 g/mol. The summed E-state index contributed by atoms with van der Waals surface area (Å²) in [4.78, 5) is 12.4. The van der Waals surface area contributed by atoms with Crippen LogP contribution in [0.5, 0.6) is 11.5 Å². The van der Waals surface area contributed by atoms with E-state index in [1.165, 1.54) is 0 Å². The first kappa shape index (κ1) is 18.8. The number of carbonyl (C=O) groups is 1. The fourth-order valence-electron chi connectivity index (χ4n) is 3.46. The lowest BCUT2D eigenvalue weighted by atomic mass is 9.86. The van der Waals surface area contributed by atoms with Gasteiger partial charge < -0.3 is 9.29 Å². The maximum absolute atomic E-state index is 13.3. The Morgan fingerprint density at radius 3 is 2.27 bits per heavy atom. The van der Waals surface area contributed by atoms with Crippen molar-refractivity contribution in [1.29, 1.82) is 0 Å². The van der Waals surface area contributed by atoms with E-state index in [9.17, 15) is 9.35 Å². The fraction of sp³-hybridized carbons (Fsp3) is 0.350. The summed E-state index contributed by atoms with van der Waals surface area (Å²) in [5, 5.41) is 8.89. The van der Waals surface area contributed by atoms with Crippen LogP contribution >= 0.6 is 0 Å². The number of benzene rings is 2. The normalized spacial score (nSPS) is 17.3. The van der Waals surface area contributed by atoms with Gasteiger partial charge in [-0.15, -0.1) is 0 Å². The van der Waals surface area contributed by atoms with Gasteiger partial charge in [-0.25, -0.2) is 5.48 Å². The first-order valence-corrected chi connectivity index (χ1v) is 9.96. The lowest BCUT2D eigenvalue weighted by Crippen LogP contribution is -2.44. The van der Waals surface area contributed by atoms with Crippen molar-refractivity contribution in [3.8, 4) is 11.5 Å². The van der Waals surface area contributed by atoms with Crippen LogP contribution in [0.2, 0.25) is 0 Å². The van der Waals surface area contributed by atoms with Crippen molar-refractivity contribution in [3.05, 3.63) is 54.6 Å². The highest BCUT2D eigenvalue weighted by Crippen LogP contribution is 2.41.